The van der Waals surface area contributed by atoms with E-state index in [1.807, 2.05) is 31.3 Å². The first-order valence-corrected chi connectivity index (χ1v) is 8.60. The first-order chi connectivity index (χ1) is 10.1. The average molecular weight is 352 g/mol. The van der Waals surface area contributed by atoms with Crippen LogP contribution < -0.4 is 11.6 Å². The van der Waals surface area contributed by atoms with Gasteiger partial charge in [0.1, 0.15) is 0 Å². The van der Waals surface area contributed by atoms with Crippen molar-refractivity contribution in [1.82, 2.24) is 5.01 Å². The monoisotopic (exact) mass is 351 g/mol. The Balaban J connectivity index is 2.08. The quantitative estimate of drug-likeness (QED) is 0.616. The van der Waals surface area contributed by atoms with Crippen molar-refractivity contribution < 1.29 is 0 Å². The van der Waals surface area contributed by atoms with Gasteiger partial charge in [0.25, 0.3) is 0 Å². The third-order valence-electron chi connectivity index (χ3n) is 4.41. The lowest BCUT2D eigenvalue weighted by molar-refractivity contribution is 0.323. The Morgan fingerprint density at radius 3 is 2.38 bits per heavy atom. The summed E-state index contributed by atoms with van der Waals surface area (Å²) in [5, 5.41) is 1.68. The van der Waals surface area contributed by atoms with Gasteiger partial charge < -0.3 is 10.7 Å². The summed E-state index contributed by atoms with van der Waals surface area (Å²) in [6, 6.07) is 8.09. The summed E-state index contributed by atoms with van der Waals surface area (Å²) in [6.07, 6.45) is 9.03. The Kier molecular flexibility index (Phi) is 6.12. The number of hydrogen-bond acceptors (Lipinski definition) is 3. The zero-order valence-corrected chi connectivity index (χ0v) is 14.4. The summed E-state index contributed by atoms with van der Waals surface area (Å²) in [7, 11) is 1.88. The molecule has 1 fully saturated rings. The predicted molar refractivity (Wildman–Crippen MR) is 93.0 cm³/mol. The molecule has 0 aliphatic heterocycles. The molecule has 0 saturated heterocycles. The van der Waals surface area contributed by atoms with Crippen molar-refractivity contribution in [2.45, 2.75) is 44.9 Å². The summed E-state index contributed by atoms with van der Waals surface area (Å²) in [5.74, 6) is 6.85. The zero-order chi connectivity index (χ0) is 15.2. The SMILES string of the molecule is CN(N)/C(CCC1CCCCC1)=C(\N)c1ccc(Br)cc1. The van der Waals surface area contributed by atoms with Crippen LogP contribution in [-0.2, 0) is 0 Å². The maximum Gasteiger partial charge on any atom is 0.0596 e. The largest absolute Gasteiger partial charge is 0.397 e. The number of halogens is 1. The lowest BCUT2D eigenvalue weighted by atomic mass is 9.85. The Morgan fingerprint density at radius 1 is 1.19 bits per heavy atom. The van der Waals surface area contributed by atoms with E-state index in [2.05, 4.69) is 15.9 Å². The summed E-state index contributed by atoms with van der Waals surface area (Å²) >= 11 is 3.45. The number of nitrogens with zero attached hydrogens (tertiary/aromatic N) is 1. The third-order valence-corrected chi connectivity index (χ3v) is 4.93. The standard InChI is InChI=1S/C17H26BrN3/c1-21(20)16(12-7-13-5-3-2-4-6-13)17(19)14-8-10-15(18)11-9-14/h8-11,13H,2-7,12,19-20H2,1H3/b17-16-. The van der Waals surface area contributed by atoms with Crippen LogP contribution in [0, 0.1) is 5.92 Å². The minimum absolute atomic E-state index is 0.795. The van der Waals surface area contributed by atoms with Gasteiger partial charge in [0.15, 0.2) is 0 Å². The highest BCUT2D eigenvalue weighted by atomic mass is 79.9. The van der Waals surface area contributed by atoms with Gasteiger partial charge >= 0.3 is 0 Å². The van der Waals surface area contributed by atoms with Gasteiger partial charge in [-0.15, -0.1) is 0 Å². The molecular formula is C17H26BrN3. The van der Waals surface area contributed by atoms with Crippen LogP contribution in [0.3, 0.4) is 0 Å². The topological polar surface area (TPSA) is 55.3 Å². The summed E-state index contributed by atoms with van der Waals surface area (Å²) in [5.41, 5.74) is 9.22. The zero-order valence-electron chi connectivity index (χ0n) is 12.8. The van der Waals surface area contributed by atoms with Crippen molar-refractivity contribution in [3.05, 3.63) is 40.0 Å². The van der Waals surface area contributed by atoms with Gasteiger partial charge in [-0.2, -0.15) is 0 Å². The maximum atomic E-state index is 6.35. The molecule has 0 atom stereocenters. The molecule has 1 aliphatic rings. The van der Waals surface area contributed by atoms with Crippen molar-refractivity contribution in [2.24, 2.45) is 17.5 Å². The minimum Gasteiger partial charge on any atom is -0.397 e. The fourth-order valence-corrected chi connectivity index (χ4v) is 3.38. The van der Waals surface area contributed by atoms with Gasteiger partial charge in [-0.25, -0.2) is 5.84 Å². The summed E-state index contributed by atoms with van der Waals surface area (Å²) in [4.78, 5) is 0. The van der Waals surface area contributed by atoms with E-state index in [0.717, 1.165) is 33.8 Å². The predicted octanol–water partition coefficient (Wildman–Crippen LogP) is 4.24. The normalized spacial score (nSPS) is 17.5. The van der Waals surface area contributed by atoms with Gasteiger partial charge in [0.2, 0.25) is 0 Å². The highest BCUT2D eigenvalue weighted by molar-refractivity contribution is 9.10. The highest BCUT2D eigenvalue weighted by Crippen LogP contribution is 2.30. The van der Waals surface area contributed by atoms with Crippen LogP contribution in [0.25, 0.3) is 5.70 Å². The van der Waals surface area contributed by atoms with Crippen molar-refractivity contribution in [2.75, 3.05) is 7.05 Å². The Hall–Kier alpha value is -1.000. The number of hydrogen-bond donors (Lipinski definition) is 2. The van der Waals surface area contributed by atoms with Crippen molar-refractivity contribution >= 4 is 21.6 Å². The molecule has 4 heteroatoms. The van der Waals surface area contributed by atoms with Crippen LogP contribution in [0.5, 0.6) is 0 Å². The van der Waals surface area contributed by atoms with E-state index in [1.165, 1.54) is 38.5 Å². The molecule has 0 aromatic heterocycles. The highest BCUT2D eigenvalue weighted by Gasteiger charge is 2.16. The van der Waals surface area contributed by atoms with Gasteiger partial charge in [-0.1, -0.05) is 60.2 Å². The first kappa shape index (κ1) is 16.4. The van der Waals surface area contributed by atoms with E-state index < -0.39 is 0 Å². The second kappa shape index (κ2) is 7.85. The van der Waals surface area contributed by atoms with Crippen molar-refractivity contribution in [1.29, 1.82) is 0 Å². The molecule has 1 aromatic rings. The number of rotatable bonds is 5. The third kappa shape index (κ3) is 4.75. The van der Waals surface area contributed by atoms with Crippen LogP contribution in [0.1, 0.15) is 50.5 Å². The van der Waals surface area contributed by atoms with E-state index in [0.29, 0.717) is 0 Å². The fourth-order valence-electron chi connectivity index (χ4n) is 3.11. The molecule has 0 amide bonds. The van der Waals surface area contributed by atoms with Gasteiger partial charge in [-0.05, 0) is 36.5 Å². The molecule has 0 spiro atoms. The number of nitrogens with two attached hydrogens (primary N) is 2. The fraction of sp³-hybridized carbons (Fsp3) is 0.529. The Morgan fingerprint density at radius 2 is 1.81 bits per heavy atom. The van der Waals surface area contributed by atoms with Crippen LogP contribution in [-0.4, -0.2) is 12.1 Å². The molecule has 1 aromatic carbocycles. The number of benzene rings is 1. The smallest absolute Gasteiger partial charge is 0.0596 e. The number of allylic oxidation sites excluding steroid dienone is 1. The van der Waals surface area contributed by atoms with Crippen molar-refractivity contribution in [3.8, 4) is 0 Å². The molecule has 0 heterocycles. The van der Waals surface area contributed by atoms with Gasteiger partial charge in [0, 0.05) is 11.5 Å². The van der Waals surface area contributed by atoms with Crippen LogP contribution in [0.4, 0.5) is 0 Å². The molecule has 0 radical (unpaired) electrons. The molecule has 2 rings (SSSR count). The molecule has 0 bridgehead atoms. The summed E-state index contributed by atoms with van der Waals surface area (Å²) < 4.78 is 1.06. The molecule has 0 unspecified atom stereocenters. The lowest BCUT2D eigenvalue weighted by Gasteiger charge is -2.25. The average Bonchev–Trinajstić information content (AvgIpc) is 2.48. The van der Waals surface area contributed by atoms with E-state index in [4.69, 9.17) is 11.6 Å². The van der Waals surface area contributed by atoms with E-state index in [-0.39, 0.29) is 0 Å². The molecule has 1 aliphatic carbocycles. The molecule has 21 heavy (non-hydrogen) atoms. The number of hydrazine groups is 1. The Labute approximate surface area is 136 Å². The van der Waals surface area contributed by atoms with E-state index in [1.54, 1.807) is 5.01 Å². The van der Waals surface area contributed by atoms with E-state index >= 15 is 0 Å². The van der Waals surface area contributed by atoms with E-state index in [9.17, 15) is 0 Å². The minimum atomic E-state index is 0.795. The van der Waals surface area contributed by atoms with Gasteiger partial charge in [-0.3, -0.25) is 0 Å². The molecule has 4 N–H and O–H groups in total. The molecule has 3 nitrogen and oxygen atoms in total. The Bertz CT molecular complexity index is 473. The van der Waals surface area contributed by atoms with Gasteiger partial charge in [0.05, 0.1) is 11.4 Å². The van der Waals surface area contributed by atoms with Crippen LogP contribution in [0.2, 0.25) is 0 Å². The molecule has 1 saturated carbocycles. The van der Waals surface area contributed by atoms with Crippen LogP contribution in [0.15, 0.2) is 34.4 Å². The lowest BCUT2D eigenvalue weighted by Crippen LogP contribution is -2.28. The molecular weight excluding hydrogens is 326 g/mol. The second-order valence-corrected chi connectivity index (χ2v) is 6.94. The molecule has 116 valence electrons. The first-order valence-electron chi connectivity index (χ1n) is 7.81. The maximum absolute atomic E-state index is 6.35. The second-order valence-electron chi connectivity index (χ2n) is 6.02. The summed E-state index contributed by atoms with van der Waals surface area (Å²) in [6.45, 7) is 0. The van der Waals surface area contributed by atoms with Crippen LogP contribution >= 0.6 is 15.9 Å². The van der Waals surface area contributed by atoms with Crippen molar-refractivity contribution in [3.63, 3.8) is 0 Å².